The molecule has 4 rings (SSSR count). The van der Waals surface area contributed by atoms with Gasteiger partial charge in [-0.1, -0.05) is 24.3 Å². The number of hydrogen-bond acceptors (Lipinski definition) is 2. The lowest BCUT2D eigenvalue weighted by Crippen LogP contribution is -2.37. The highest BCUT2D eigenvalue weighted by Gasteiger charge is 2.48. The summed E-state index contributed by atoms with van der Waals surface area (Å²) in [6.45, 7) is 0. The van der Waals surface area contributed by atoms with Crippen LogP contribution in [-0.4, -0.2) is 17.1 Å². The topological polar surface area (TPSA) is 49.3 Å². The van der Waals surface area contributed by atoms with Crippen molar-refractivity contribution < 1.29 is 9.90 Å². The van der Waals surface area contributed by atoms with Crippen LogP contribution >= 0.6 is 0 Å². The van der Waals surface area contributed by atoms with Crippen LogP contribution in [0.15, 0.2) is 24.3 Å². The van der Waals surface area contributed by atoms with Gasteiger partial charge in [-0.05, 0) is 42.2 Å². The average molecular weight is 257 g/mol. The maximum absolute atomic E-state index is 12.3. The van der Waals surface area contributed by atoms with Crippen LogP contribution < -0.4 is 5.32 Å². The SMILES string of the molecule is O=C(N[C@H]1c2ccccc2C[C@H]1O)C1CC2CC2C1. The van der Waals surface area contributed by atoms with Crippen LogP contribution in [0.2, 0.25) is 0 Å². The summed E-state index contributed by atoms with van der Waals surface area (Å²) in [7, 11) is 0. The number of fused-ring (bicyclic) bond motifs is 2. The van der Waals surface area contributed by atoms with Crippen molar-refractivity contribution in [2.45, 2.75) is 37.8 Å². The smallest absolute Gasteiger partial charge is 0.223 e. The van der Waals surface area contributed by atoms with Crippen LogP contribution in [0.4, 0.5) is 0 Å². The second kappa shape index (κ2) is 4.07. The molecule has 2 unspecified atom stereocenters. The first-order valence-electron chi connectivity index (χ1n) is 7.28. The zero-order valence-electron chi connectivity index (χ0n) is 10.9. The minimum Gasteiger partial charge on any atom is -0.390 e. The highest BCUT2D eigenvalue weighted by atomic mass is 16.3. The molecule has 1 amide bonds. The van der Waals surface area contributed by atoms with Crippen LogP contribution in [0.25, 0.3) is 0 Å². The summed E-state index contributed by atoms with van der Waals surface area (Å²) in [6, 6.07) is 7.81. The van der Waals surface area contributed by atoms with Crippen molar-refractivity contribution in [2.24, 2.45) is 17.8 Å². The standard InChI is InChI=1S/C16H19NO2/c18-14-8-9-3-1-2-4-13(9)15(14)17-16(19)12-6-10-5-11(10)7-12/h1-4,10-12,14-15,18H,5-8H2,(H,17,19)/t10?,11?,12?,14-,15+/m1/s1. The molecule has 3 nitrogen and oxygen atoms in total. The number of amides is 1. The third-order valence-corrected chi connectivity index (χ3v) is 5.12. The van der Waals surface area contributed by atoms with Gasteiger partial charge in [-0.25, -0.2) is 0 Å². The lowest BCUT2D eigenvalue weighted by atomic mass is 10.0. The van der Waals surface area contributed by atoms with E-state index in [1.807, 2.05) is 24.3 Å². The summed E-state index contributed by atoms with van der Waals surface area (Å²) in [5, 5.41) is 13.2. The molecular weight excluding hydrogens is 238 g/mol. The molecule has 0 radical (unpaired) electrons. The van der Waals surface area contributed by atoms with Gasteiger partial charge in [0.25, 0.3) is 0 Å². The molecule has 3 aliphatic carbocycles. The van der Waals surface area contributed by atoms with Gasteiger partial charge in [-0.2, -0.15) is 0 Å². The summed E-state index contributed by atoms with van der Waals surface area (Å²) in [4.78, 5) is 12.3. The Morgan fingerprint density at radius 1 is 1.16 bits per heavy atom. The minimum absolute atomic E-state index is 0.146. The van der Waals surface area contributed by atoms with E-state index >= 15 is 0 Å². The number of aliphatic hydroxyl groups is 1. The van der Waals surface area contributed by atoms with Crippen LogP contribution in [-0.2, 0) is 11.2 Å². The number of carbonyl (C=O) groups is 1. The Balaban J connectivity index is 1.49. The fraction of sp³-hybridized carbons (Fsp3) is 0.562. The first kappa shape index (κ1) is 11.5. The number of rotatable bonds is 2. The highest BCUT2D eigenvalue weighted by molar-refractivity contribution is 5.80. The van der Waals surface area contributed by atoms with Gasteiger partial charge in [0.1, 0.15) is 0 Å². The predicted octanol–water partition coefficient (Wildman–Crippen LogP) is 1.81. The molecule has 0 bridgehead atoms. The van der Waals surface area contributed by atoms with Crippen LogP contribution in [0.5, 0.6) is 0 Å². The van der Waals surface area contributed by atoms with Gasteiger partial charge in [0.15, 0.2) is 0 Å². The summed E-state index contributed by atoms with van der Waals surface area (Å²) in [6.07, 6.45) is 3.62. The van der Waals surface area contributed by atoms with Gasteiger partial charge in [-0.15, -0.1) is 0 Å². The Hall–Kier alpha value is -1.35. The quantitative estimate of drug-likeness (QED) is 0.849. The van der Waals surface area contributed by atoms with Crippen molar-refractivity contribution >= 4 is 5.91 Å². The van der Waals surface area contributed by atoms with Crippen LogP contribution in [0.1, 0.15) is 36.4 Å². The van der Waals surface area contributed by atoms with E-state index in [1.165, 1.54) is 6.42 Å². The molecule has 0 spiro atoms. The second-order valence-electron chi connectivity index (χ2n) is 6.38. The zero-order valence-corrected chi connectivity index (χ0v) is 10.9. The number of nitrogens with one attached hydrogen (secondary N) is 1. The number of carbonyl (C=O) groups excluding carboxylic acids is 1. The Morgan fingerprint density at radius 2 is 1.89 bits per heavy atom. The minimum atomic E-state index is -0.475. The van der Waals surface area contributed by atoms with Crippen molar-refractivity contribution in [3.63, 3.8) is 0 Å². The van der Waals surface area contributed by atoms with Gasteiger partial charge in [0, 0.05) is 12.3 Å². The molecule has 1 aromatic carbocycles. The molecular formula is C16H19NO2. The first-order valence-corrected chi connectivity index (χ1v) is 7.28. The van der Waals surface area contributed by atoms with E-state index < -0.39 is 6.10 Å². The van der Waals surface area contributed by atoms with E-state index in [9.17, 15) is 9.90 Å². The molecule has 0 aromatic heterocycles. The van der Waals surface area contributed by atoms with Crippen molar-refractivity contribution in [1.82, 2.24) is 5.32 Å². The van der Waals surface area contributed by atoms with Gasteiger partial charge in [-0.3, -0.25) is 4.79 Å². The zero-order chi connectivity index (χ0) is 13.0. The monoisotopic (exact) mass is 257 g/mol. The highest BCUT2D eigenvalue weighted by Crippen LogP contribution is 2.54. The molecule has 2 N–H and O–H groups in total. The lowest BCUT2D eigenvalue weighted by Gasteiger charge is -2.21. The Morgan fingerprint density at radius 3 is 2.68 bits per heavy atom. The Labute approximate surface area is 113 Å². The number of hydrogen-bond donors (Lipinski definition) is 2. The number of aliphatic hydroxyl groups excluding tert-OH is 1. The fourth-order valence-electron chi connectivity index (χ4n) is 3.95. The number of benzene rings is 1. The third kappa shape index (κ3) is 1.88. The van der Waals surface area contributed by atoms with Crippen molar-refractivity contribution in [3.8, 4) is 0 Å². The molecule has 2 fully saturated rings. The van der Waals surface area contributed by atoms with E-state index in [4.69, 9.17) is 0 Å². The summed E-state index contributed by atoms with van der Waals surface area (Å²) < 4.78 is 0. The maximum Gasteiger partial charge on any atom is 0.223 e. The molecule has 1 aromatic rings. The van der Waals surface area contributed by atoms with E-state index in [0.717, 1.165) is 35.8 Å². The molecule has 3 heteroatoms. The third-order valence-electron chi connectivity index (χ3n) is 5.12. The van der Waals surface area contributed by atoms with Crippen LogP contribution in [0, 0.1) is 17.8 Å². The van der Waals surface area contributed by atoms with Gasteiger partial charge < -0.3 is 10.4 Å². The molecule has 3 aliphatic rings. The van der Waals surface area contributed by atoms with Gasteiger partial charge in [0.05, 0.1) is 12.1 Å². The summed E-state index contributed by atoms with van der Waals surface area (Å²) >= 11 is 0. The molecule has 100 valence electrons. The Kier molecular flexibility index (Phi) is 2.46. The maximum atomic E-state index is 12.3. The van der Waals surface area contributed by atoms with Gasteiger partial charge >= 0.3 is 0 Å². The van der Waals surface area contributed by atoms with E-state index in [2.05, 4.69) is 5.32 Å². The van der Waals surface area contributed by atoms with E-state index in [0.29, 0.717) is 6.42 Å². The average Bonchev–Trinajstić information content (AvgIpc) is 2.89. The fourth-order valence-corrected chi connectivity index (χ4v) is 3.95. The lowest BCUT2D eigenvalue weighted by molar-refractivity contribution is -0.126. The normalized spacial score (nSPS) is 38.7. The van der Waals surface area contributed by atoms with Crippen LogP contribution in [0.3, 0.4) is 0 Å². The molecule has 2 saturated carbocycles. The molecule has 4 atom stereocenters. The second-order valence-corrected chi connectivity index (χ2v) is 6.38. The Bertz CT molecular complexity index is 517. The molecule has 0 aliphatic heterocycles. The molecule has 19 heavy (non-hydrogen) atoms. The van der Waals surface area contributed by atoms with Crippen molar-refractivity contribution in [3.05, 3.63) is 35.4 Å². The first-order chi connectivity index (χ1) is 9.22. The van der Waals surface area contributed by atoms with Crippen molar-refractivity contribution in [1.29, 1.82) is 0 Å². The van der Waals surface area contributed by atoms with E-state index in [-0.39, 0.29) is 17.9 Å². The largest absolute Gasteiger partial charge is 0.390 e. The molecule has 0 heterocycles. The summed E-state index contributed by atoms with van der Waals surface area (Å²) in [5.74, 6) is 1.96. The summed E-state index contributed by atoms with van der Waals surface area (Å²) in [5.41, 5.74) is 2.25. The predicted molar refractivity (Wildman–Crippen MR) is 71.4 cm³/mol. The van der Waals surface area contributed by atoms with Crippen molar-refractivity contribution in [2.75, 3.05) is 0 Å². The molecule has 0 saturated heterocycles. The van der Waals surface area contributed by atoms with Gasteiger partial charge in [0.2, 0.25) is 5.91 Å². The van der Waals surface area contributed by atoms with E-state index in [1.54, 1.807) is 0 Å².